The number of benzene rings is 1. The third kappa shape index (κ3) is 5.12. The molecule has 2 rings (SSSR count). The van der Waals surface area contributed by atoms with Crippen LogP contribution in [0, 0.1) is 11.6 Å². The Kier molecular flexibility index (Phi) is 7.13. The van der Waals surface area contributed by atoms with Crippen molar-refractivity contribution in [1.82, 2.24) is 15.1 Å². The van der Waals surface area contributed by atoms with E-state index in [4.69, 9.17) is 0 Å². The van der Waals surface area contributed by atoms with Crippen molar-refractivity contribution in [2.24, 2.45) is 4.99 Å². The van der Waals surface area contributed by atoms with Gasteiger partial charge in [0.1, 0.15) is 11.6 Å². The first-order valence-corrected chi connectivity index (χ1v) is 8.75. The molecule has 0 amide bonds. The molecule has 0 aromatic heterocycles. The van der Waals surface area contributed by atoms with Crippen molar-refractivity contribution in [3.8, 4) is 0 Å². The summed E-state index contributed by atoms with van der Waals surface area (Å²) >= 11 is 0. The second-order valence-electron chi connectivity index (χ2n) is 6.53. The van der Waals surface area contributed by atoms with Gasteiger partial charge in [-0.05, 0) is 46.0 Å². The van der Waals surface area contributed by atoms with Crippen LogP contribution in [0.2, 0.25) is 0 Å². The number of guanidine groups is 1. The Morgan fingerprint density at radius 1 is 1.32 bits per heavy atom. The molecule has 140 valence electrons. The van der Waals surface area contributed by atoms with Crippen molar-refractivity contribution in [1.29, 1.82) is 0 Å². The van der Waals surface area contributed by atoms with Crippen molar-refractivity contribution in [2.75, 3.05) is 40.3 Å². The summed E-state index contributed by atoms with van der Waals surface area (Å²) in [4.78, 5) is 8.47. The molecule has 7 heteroatoms. The van der Waals surface area contributed by atoms with Crippen LogP contribution in [-0.4, -0.2) is 67.2 Å². The molecule has 2 N–H and O–H groups in total. The first-order chi connectivity index (χ1) is 11.9. The van der Waals surface area contributed by atoms with E-state index in [0.717, 1.165) is 5.96 Å². The Balaban J connectivity index is 2.20. The minimum Gasteiger partial charge on any atom is -0.393 e. The highest BCUT2D eigenvalue weighted by atomic mass is 19.1. The second kappa shape index (κ2) is 9.10. The van der Waals surface area contributed by atoms with E-state index in [2.05, 4.69) is 15.2 Å². The number of rotatable bonds is 5. The number of likely N-dealkylation sites (tertiary alicyclic amines) is 1. The Bertz CT molecular complexity index is 566. The van der Waals surface area contributed by atoms with Crippen molar-refractivity contribution in [3.63, 3.8) is 0 Å². The van der Waals surface area contributed by atoms with Gasteiger partial charge >= 0.3 is 0 Å². The van der Waals surface area contributed by atoms with Gasteiger partial charge in [-0.3, -0.25) is 4.99 Å². The summed E-state index contributed by atoms with van der Waals surface area (Å²) in [5, 5.41) is 12.9. The summed E-state index contributed by atoms with van der Waals surface area (Å²) in [5.41, 5.74) is 0.0427. The van der Waals surface area contributed by atoms with Gasteiger partial charge in [-0.2, -0.15) is 0 Å². The molecule has 0 radical (unpaired) electrons. The predicted molar refractivity (Wildman–Crippen MR) is 95.6 cm³/mol. The van der Waals surface area contributed by atoms with Crippen molar-refractivity contribution in [3.05, 3.63) is 35.4 Å². The molecule has 0 bridgehead atoms. The summed E-state index contributed by atoms with van der Waals surface area (Å²) in [6.45, 7) is 4.36. The lowest BCUT2D eigenvalue weighted by Crippen LogP contribution is -2.47. The van der Waals surface area contributed by atoms with E-state index in [1.807, 2.05) is 6.92 Å². The minimum atomic E-state index is -0.556. The number of likely N-dealkylation sites (N-methyl/N-ethyl adjacent to an activating group) is 1. The van der Waals surface area contributed by atoms with E-state index < -0.39 is 17.7 Å². The predicted octanol–water partition coefficient (Wildman–Crippen LogP) is 1.99. The van der Waals surface area contributed by atoms with E-state index in [9.17, 15) is 13.9 Å². The Labute approximate surface area is 148 Å². The van der Waals surface area contributed by atoms with E-state index in [1.165, 1.54) is 18.2 Å². The molecule has 25 heavy (non-hydrogen) atoms. The fourth-order valence-electron chi connectivity index (χ4n) is 3.02. The van der Waals surface area contributed by atoms with Gasteiger partial charge in [0.25, 0.3) is 0 Å². The molecule has 1 atom stereocenters. The molecule has 1 aromatic carbocycles. The van der Waals surface area contributed by atoms with Crippen molar-refractivity contribution < 1.29 is 13.9 Å². The maximum atomic E-state index is 14.2. The lowest BCUT2D eigenvalue weighted by atomic mass is 10.0. The number of hydrogen-bond acceptors (Lipinski definition) is 3. The van der Waals surface area contributed by atoms with Gasteiger partial charge < -0.3 is 20.2 Å². The van der Waals surface area contributed by atoms with Crippen LogP contribution < -0.4 is 5.32 Å². The van der Waals surface area contributed by atoms with Crippen LogP contribution >= 0.6 is 0 Å². The molecule has 0 saturated carbocycles. The molecule has 1 aliphatic rings. The van der Waals surface area contributed by atoms with Crippen LogP contribution in [0.3, 0.4) is 0 Å². The highest BCUT2D eigenvalue weighted by molar-refractivity contribution is 5.80. The Hall–Kier alpha value is -1.73. The molecule has 1 unspecified atom stereocenters. The number of aliphatic hydroxyl groups excluding tert-OH is 1. The van der Waals surface area contributed by atoms with Gasteiger partial charge in [-0.1, -0.05) is 6.07 Å². The van der Waals surface area contributed by atoms with Crippen LogP contribution in [0.15, 0.2) is 23.2 Å². The van der Waals surface area contributed by atoms with Gasteiger partial charge in [0, 0.05) is 25.2 Å². The number of hydrogen-bond donors (Lipinski definition) is 2. The van der Waals surface area contributed by atoms with Gasteiger partial charge in [0.2, 0.25) is 0 Å². The molecule has 1 saturated heterocycles. The molecular formula is C18H28F2N4O. The van der Waals surface area contributed by atoms with Crippen LogP contribution in [0.5, 0.6) is 0 Å². The zero-order valence-electron chi connectivity index (χ0n) is 15.2. The average molecular weight is 354 g/mol. The molecule has 0 aliphatic carbocycles. The highest BCUT2D eigenvalue weighted by Gasteiger charge is 2.24. The molecule has 0 spiro atoms. The van der Waals surface area contributed by atoms with Crippen LogP contribution in [0.4, 0.5) is 8.78 Å². The van der Waals surface area contributed by atoms with Gasteiger partial charge in [-0.25, -0.2) is 8.78 Å². The fraction of sp³-hybridized carbons (Fsp3) is 0.611. The fourth-order valence-corrected chi connectivity index (χ4v) is 3.02. The molecule has 1 aromatic rings. The average Bonchev–Trinajstić information content (AvgIpc) is 2.57. The molecule has 1 heterocycles. The number of aliphatic imine (C=N–C) groups is 1. The van der Waals surface area contributed by atoms with E-state index in [1.54, 1.807) is 19.0 Å². The third-order valence-electron chi connectivity index (χ3n) is 4.47. The minimum absolute atomic E-state index is 0.0427. The Morgan fingerprint density at radius 3 is 2.44 bits per heavy atom. The zero-order chi connectivity index (χ0) is 18.4. The molecule has 1 aliphatic heterocycles. The molecule has 5 nitrogen and oxygen atoms in total. The zero-order valence-corrected chi connectivity index (χ0v) is 15.2. The smallest absolute Gasteiger partial charge is 0.193 e. The number of nitrogens with one attached hydrogen (secondary N) is 1. The molecular weight excluding hydrogens is 326 g/mol. The summed E-state index contributed by atoms with van der Waals surface area (Å²) in [6, 6.07) is 3.42. The number of halogens is 2. The SMILES string of the molecule is CCNC(=NCC(c1c(F)cccc1F)N(C)C)N1CCC(O)CC1. The van der Waals surface area contributed by atoms with E-state index >= 15 is 0 Å². The Morgan fingerprint density at radius 2 is 1.92 bits per heavy atom. The lowest BCUT2D eigenvalue weighted by Gasteiger charge is -2.33. The lowest BCUT2D eigenvalue weighted by molar-refractivity contribution is 0.108. The largest absolute Gasteiger partial charge is 0.393 e. The number of nitrogens with zero attached hydrogens (tertiary/aromatic N) is 3. The monoisotopic (exact) mass is 354 g/mol. The van der Waals surface area contributed by atoms with Crippen molar-refractivity contribution in [2.45, 2.75) is 31.9 Å². The first-order valence-electron chi connectivity index (χ1n) is 8.75. The maximum absolute atomic E-state index is 14.2. The van der Waals surface area contributed by atoms with Gasteiger partial charge in [0.05, 0.1) is 18.7 Å². The normalized spacial score (nSPS) is 17.9. The molecule has 1 fully saturated rings. The van der Waals surface area contributed by atoms with Gasteiger partial charge in [0.15, 0.2) is 5.96 Å². The maximum Gasteiger partial charge on any atom is 0.193 e. The van der Waals surface area contributed by atoms with Crippen LogP contribution in [-0.2, 0) is 0 Å². The van der Waals surface area contributed by atoms with Crippen LogP contribution in [0.25, 0.3) is 0 Å². The van der Waals surface area contributed by atoms with Gasteiger partial charge in [-0.15, -0.1) is 0 Å². The highest BCUT2D eigenvalue weighted by Crippen LogP contribution is 2.25. The summed E-state index contributed by atoms with van der Waals surface area (Å²) in [6.07, 6.45) is 1.13. The second-order valence-corrected chi connectivity index (χ2v) is 6.53. The summed E-state index contributed by atoms with van der Waals surface area (Å²) < 4.78 is 28.3. The van der Waals surface area contributed by atoms with Crippen molar-refractivity contribution >= 4 is 5.96 Å². The third-order valence-corrected chi connectivity index (χ3v) is 4.47. The summed E-state index contributed by atoms with van der Waals surface area (Å²) in [7, 11) is 3.58. The first kappa shape index (κ1) is 19.6. The quantitative estimate of drug-likeness (QED) is 0.627. The van der Waals surface area contributed by atoms with E-state index in [-0.39, 0.29) is 18.2 Å². The topological polar surface area (TPSA) is 51.1 Å². The number of piperidine rings is 1. The standard InChI is InChI=1S/C18H28F2N4O/c1-4-21-18(24-10-8-13(25)9-11-24)22-12-16(23(2)3)17-14(19)6-5-7-15(17)20/h5-7,13,16,25H,4,8-12H2,1-3H3,(H,21,22). The summed E-state index contributed by atoms with van der Waals surface area (Å²) in [5.74, 6) is -0.391. The van der Waals surface area contributed by atoms with Crippen LogP contribution in [0.1, 0.15) is 31.4 Å². The van der Waals surface area contributed by atoms with E-state index in [0.29, 0.717) is 32.5 Å². The number of aliphatic hydroxyl groups is 1.